The first-order valence-corrected chi connectivity index (χ1v) is 5.59. The van der Waals surface area contributed by atoms with Crippen LogP contribution in [-0.4, -0.2) is 4.98 Å². The van der Waals surface area contributed by atoms with Crippen LogP contribution in [-0.2, 0) is 0 Å². The van der Waals surface area contributed by atoms with E-state index in [-0.39, 0.29) is 0 Å². The molecule has 0 unspecified atom stereocenters. The molecular weight excluding hydrogens is 228 g/mol. The Kier molecular flexibility index (Phi) is 3.14. The van der Waals surface area contributed by atoms with Gasteiger partial charge in [0, 0.05) is 16.8 Å². The highest BCUT2D eigenvalue weighted by atomic mass is 35.5. The second-order valence-electron chi connectivity index (χ2n) is 2.95. The van der Waals surface area contributed by atoms with Gasteiger partial charge in [-0.15, -0.1) is 0 Å². The summed E-state index contributed by atoms with van der Waals surface area (Å²) in [6, 6.07) is 11.4. The van der Waals surface area contributed by atoms with Gasteiger partial charge in [-0.25, -0.2) is 4.98 Å². The second-order valence-corrected chi connectivity index (χ2v) is 4.45. The molecule has 2 N–H and O–H groups in total. The van der Waals surface area contributed by atoms with Crippen LogP contribution in [0.5, 0.6) is 0 Å². The molecule has 1 aromatic carbocycles. The van der Waals surface area contributed by atoms with Gasteiger partial charge in [-0.3, -0.25) is 0 Å². The summed E-state index contributed by atoms with van der Waals surface area (Å²) in [4.78, 5) is 5.20. The summed E-state index contributed by atoms with van der Waals surface area (Å²) in [5, 5.41) is 1.53. The molecular formula is C11H9ClN2S. The minimum atomic E-state index is 0.639. The number of rotatable bonds is 2. The van der Waals surface area contributed by atoms with Crippen molar-refractivity contribution in [1.82, 2.24) is 4.98 Å². The standard InChI is InChI=1S/C11H9ClN2S/c12-8-5-6-11(14-7-8)15-10-4-2-1-3-9(10)13/h1-7H,13H2. The van der Waals surface area contributed by atoms with Crippen molar-refractivity contribution in [1.29, 1.82) is 0 Å². The van der Waals surface area contributed by atoms with Crippen molar-refractivity contribution in [3.05, 3.63) is 47.6 Å². The van der Waals surface area contributed by atoms with Crippen LogP contribution >= 0.6 is 23.4 Å². The monoisotopic (exact) mass is 236 g/mol. The second kappa shape index (κ2) is 4.55. The van der Waals surface area contributed by atoms with E-state index >= 15 is 0 Å². The molecule has 0 saturated carbocycles. The van der Waals surface area contributed by atoms with E-state index in [1.165, 1.54) is 11.8 Å². The lowest BCUT2D eigenvalue weighted by molar-refractivity contribution is 1.13. The van der Waals surface area contributed by atoms with Gasteiger partial charge in [-0.2, -0.15) is 0 Å². The number of para-hydroxylation sites is 1. The van der Waals surface area contributed by atoms with Crippen molar-refractivity contribution in [3.63, 3.8) is 0 Å². The van der Waals surface area contributed by atoms with Gasteiger partial charge in [-0.05, 0) is 24.3 Å². The third-order valence-corrected chi connectivity index (χ3v) is 3.10. The lowest BCUT2D eigenvalue weighted by atomic mass is 10.3. The summed E-state index contributed by atoms with van der Waals surface area (Å²) >= 11 is 7.28. The molecule has 0 amide bonds. The lowest BCUT2D eigenvalue weighted by Gasteiger charge is -2.03. The van der Waals surface area contributed by atoms with E-state index in [4.69, 9.17) is 17.3 Å². The largest absolute Gasteiger partial charge is 0.398 e. The van der Waals surface area contributed by atoms with E-state index in [1.54, 1.807) is 6.20 Å². The molecule has 1 aromatic heterocycles. The molecule has 4 heteroatoms. The first-order chi connectivity index (χ1) is 7.25. The molecule has 0 atom stereocenters. The fraction of sp³-hybridized carbons (Fsp3) is 0. The molecule has 0 aliphatic heterocycles. The van der Waals surface area contributed by atoms with Crippen LogP contribution in [0.4, 0.5) is 5.69 Å². The van der Waals surface area contributed by atoms with Gasteiger partial charge in [-0.1, -0.05) is 35.5 Å². The Balaban J connectivity index is 2.22. The summed E-state index contributed by atoms with van der Waals surface area (Å²) in [5.74, 6) is 0. The predicted molar refractivity (Wildman–Crippen MR) is 64.2 cm³/mol. The Hall–Kier alpha value is -1.19. The van der Waals surface area contributed by atoms with Crippen LogP contribution < -0.4 is 5.73 Å². The molecule has 15 heavy (non-hydrogen) atoms. The van der Waals surface area contributed by atoms with E-state index in [1.807, 2.05) is 36.4 Å². The molecule has 1 heterocycles. The summed E-state index contributed by atoms with van der Waals surface area (Å²) in [6.07, 6.45) is 1.63. The van der Waals surface area contributed by atoms with Crippen LogP contribution in [0.25, 0.3) is 0 Å². The number of benzene rings is 1. The van der Waals surface area contributed by atoms with E-state index in [0.29, 0.717) is 5.02 Å². The lowest BCUT2D eigenvalue weighted by Crippen LogP contribution is -1.87. The number of nitrogens with two attached hydrogens (primary N) is 1. The number of anilines is 1. The first-order valence-electron chi connectivity index (χ1n) is 4.39. The van der Waals surface area contributed by atoms with Gasteiger partial charge < -0.3 is 5.73 Å². The highest BCUT2D eigenvalue weighted by Gasteiger charge is 2.01. The zero-order chi connectivity index (χ0) is 10.7. The Morgan fingerprint density at radius 3 is 2.60 bits per heavy atom. The Labute approximate surface area is 97.5 Å². The fourth-order valence-corrected chi connectivity index (χ4v) is 2.02. The van der Waals surface area contributed by atoms with E-state index < -0.39 is 0 Å². The maximum absolute atomic E-state index is 5.82. The van der Waals surface area contributed by atoms with Crippen molar-refractivity contribution < 1.29 is 0 Å². The topological polar surface area (TPSA) is 38.9 Å². The SMILES string of the molecule is Nc1ccccc1Sc1ccc(Cl)cn1. The Morgan fingerprint density at radius 1 is 1.13 bits per heavy atom. The number of aromatic nitrogens is 1. The Bertz CT molecular complexity index is 456. The summed E-state index contributed by atoms with van der Waals surface area (Å²) in [5.41, 5.74) is 6.59. The fourth-order valence-electron chi connectivity index (χ4n) is 1.11. The van der Waals surface area contributed by atoms with Gasteiger partial charge in [0.1, 0.15) is 5.03 Å². The normalized spacial score (nSPS) is 10.2. The molecule has 2 aromatic rings. The number of hydrogen-bond acceptors (Lipinski definition) is 3. The zero-order valence-corrected chi connectivity index (χ0v) is 9.42. The maximum atomic E-state index is 5.82. The third kappa shape index (κ3) is 2.64. The van der Waals surface area contributed by atoms with Crippen LogP contribution in [0.2, 0.25) is 5.02 Å². The minimum absolute atomic E-state index is 0.639. The predicted octanol–water partition coefficient (Wildman–Crippen LogP) is 3.47. The van der Waals surface area contributed by atoms with Crippen LogP contribution in [0, 0.1) is 0 Å². The number of nitrogens with zero attached hydrogens (tertiary/aromatic N) is 1. The Morgan fingerprint density at radius 2 is 1.93 bits per heavy atom. The van der Waals surface area contributed by atoms with Crippen LogP contribution in [0.3, 0.4) is 0 Å². The number of pyridine rings is 1. The van der Waals surface area contributed by atoms with Gasteiger partial charge in [0.2, 0.25) is 0 Å². The summed E-state index contributed by atoms with van der Waals surface area (Å²) in [7, 11) is 0. The number of halogens is 1. The molecule has 0 aliphatic carbocycles. The van der Waals surface area contributed by atoms with Gasteiger partial charge in [0.15, 0.2) is 0 Å². The molecule has 2 rings (SSSR count). The summed E-state index contributed by atoms with van der Waals surface area (Å²) < 4.78 is 0. The molecule has 0 aliphatic rings. The molecule has 0 bridgehead atoms. The quantitative estimate of drug-likeness (QED) is 0.812. The van der Waals surface area contributed by atoms with Crippen LogP contribution in [0.1, 0.15) is 0 Å². The van der Waals surface area contributed by atoms with Crippen LogP contribution in [0.15, 0.2) is 52.5 Å². The highest BCUT2D eigenvalue weighted by Crippen LogP contribution is 2.30. The van der Waals surface area contributed by atoms with Crippen molar-refractivity contribution in [2.45, 2.75) is 9.92 Å². The van der Waals surface area contributed by atoms with E-state index in [2.05, 4.69) is 4.98 Å². The van der Waals surface area contributed by atoms with Crippen molar-refractivity contribution >= 4 is 29.1 Å². The van der Waals surface area contributed by atoms with Gasteiger partial charge in [0.25, 0.3) is 0 Å². The molecule has 0 fully saturated rings. The average molecular weight is 237 g/mol. The van der Waals surface area contributed by atoms with Crippen molar-refractivity contribution in [3.8, 4) is 0 Å². The molecule has 0 radical (unpaired) electrons. The third-order valence-electron chi connectivity index (χ3n) is 1.83. The van der Waals surface area contributed by atoms with Crippen molar-refractivity contribution in [2.24, 2.45) is 0 Å². The average Bonchev–Trinajstić information content (AvgIpc) is 2.25. The van der Waals surface area contributed by atoms with Crippen molar-refractivity contribution in [2.75, 3.05) is 5.73 Å². The zero-order valence-electron chi connectivity index (χ0n) is 7.85. The maximum Gasteiger partial charge on any atom is 0.101 e. The smallest absolute Gasteiger partial charge is 0.101 e. The van der Waals surface area contributed by atoms with E-state index in [0.717, 1.165) is 15.6 Å². The first kappa shape index (κ1) is 10.3. The van der Waals surface area contributed by atoms with E-state index in [9.17, 15) is 0 Å². The molecule has 2 nitrogen and oxygen atoms in total. The highest BCUT2D eigenvalue weighted by molar-refractivity contribution is 7.99. The molecule has 0 spiro atoms. The number of hydrogen-bond donors (Lipinski definition) is 1. The van der Waals surface area contributed by atoms with Gasteiger partial charge >= 0.3 is 0 Å². The molecule has 0 saturated heterocycles. The van der Waals surface area contributed by atoms with Gasteiger partial charge in [0.05, 0.1) is 5.02 Å². The summed E-state index contributed by atoms with van der Waals surface area (Å²) in [6.45, 7) is 0. The minimum Gasteiger partial charge on any atom is -0.398 e. The number of nitrogen functional groups attached to an aromatic ring is 1. The molecule has 76 valence electrons.